The monoisotopic (exact) mass is 287 g/mol. The maximum Gasteiger partial charge on any atom is 0.0807 e. The third-order valence-corrected chi connectivity index (χ3v) is 4.55. The molecule has 21 heavy (non-hydrogen) atoms. The topological polar surface area (TPSA) is 43.0 Å². The molecular weight excluding hydrogens is 262 g/mol. The SMILES string of the molecule is Cc1cc(C)n(CCCn2c(C)cc3c2CCCC3O)n1. The normalized spacial score (nSPS) is 18.0. The Morgan fingerprint density at radius 2 is 2.00 bits per heavy atom. The molecule has 2 heterocycles. The van der Waals surface area contributed by atoms with Crippen molar-refractivity contribution in [2.75, 3.05) is 0 Å². The van der Waals surface area contributed by atoms with E-state index >= 15 is 0 Å². The summed E-state index contributed by atoms with van der Waals surface area (Å²) in [5, 5.41) is 14.6. The Balaban J connectivity index is 1.70. The van der Waals surface area contributed by atoms with Crippen LogP contribution in [-0.2, 0) is 19.5 Å². The predicted molar refractivity (Wildman–Crippen MR) is 83.4 cm³/mol. The Kier molecular flexibility index (Phi) is 3.89. The quantitative estimate of drug-likeness (QED) is 0.939. The number of nitrogens with zero attached hydrogens (tertiary/aromatic N) is 3. The summed E-state index contributed by atoms with van der Waals surface area (Å²) in [6.07, 6.45) is 3.90. The molecule has 1 N–H and O–H groups in total. The zero-order valence-corrected chi connectivity index (χ0v) is 13.3. The van der Waals surface area contributed by atoms with Crippen LogP contribution in [0, 0.1) is 20.8 Å². The fourth-order valence-electron chi connectivity index (χ4n) is 3.53. The highest BCUT2D eigenvalue weighted by Gasteiger charge is 2.22. The van der Waals surface area contributed by atoms with Crippen molar-refractivity contribution in [2.45, 2.75) is 65.6 Å². The maximum atomic E-state index is 10.1. The Morgan fingerprint density at radius 3 is 2.71 bits per heavy atom. The maximum absolute atomic E-state index is 10.1. The molecule has 3 rings (SSSR count). The molecule has 4 nitrogen and oxygen atoms in total. The number of aliphatic hydroxyl groups excluding tert-OH is 1. The van der Waals surface area contributed by atoms with Crippen LogP contribution >= 0.6 is 0 Å². The molecule has 4 heteroatoms. The van der Waals surface area contributed by atoms with Crippen LogP contribution in [0.2, 0.25) is 0 Å². The standard InChI is InChI=1S/C17H25N3O/c1-12-10-14(3)20(18-12)9-5-8-19-13(2)11-15-16(19)6-4-7-17(15)21/h10-11,17,21H,4-9H2,1-3H3. The van der Waals surface area contributed by atoms with E-state index in [4.69, 9.17) is 0 Å². The van der Waals surface area contributed by atoms with Crippen LogP contribution in [0.15, 0.2) is 12.1 Å². The molecule has 0 bridgehead atoms. The van der Waals surface area contributed by atoms with Crippen molar-refractivity contribution in [1.29, 1.82) is 0 Å². The highest BCUT2D eigenvalue weighted by atomic mass is 16.3. The molecule has 0 radical (unpaired) electrons. The Hall–Kier alpha value is -1.55. The molecule has 0 fully saturated rings. The lowest BCUT2D eigenvalue weighted by atomic mass is 9.95. The summed E-state index contributed by atoms with van der Waals surface area (Å²) in [5.41, 5.74) is 6.10. The van der Waals surface area contributed by atoms with Crippen LogP contribution in [0.4, 0.5) is 0 Å². The largest absolute Gasteiger partial charge is 0.388 e. The van der Waals surface area contributed by atoms with Gasteiger partial charge in [0.25, 0.3) is 0 Å². The molecular formula is C17H25N3O. The first kappa shape index (κ1) is 14.4. The molecule has 0 saturated heterocycles. The first-order chi connectivity index (χ1) is 10.1. The lowest BCUT2D eigenvalue weighted by Gasteiger charge is -2.20. The van der Waals surface area contributed by atoms with Crippen molar-refractivity contribution in [2.24, 2.45) is 0 Å². The molecule has 2 aromatic rings. The molecule has 0 aromatic carbocycles. The van der Waals surface area contributed by atoms with E-state index in [0.29, 0.717) is 0 Å². The van der Waals surface area contributed by atoms with Crippen LogP contribution in [-0.4, -0.2) is 19.5 Å². The highest BCUT2D eigenvalue weighted by Crippen LogP contribution is 2.32. The van der Waals surface area contributed by atoms with E-state index in [2.05, 4.69) is 40.3 Å². The number of aromatic nitrogens is 3. The zero-order chi connectivity index (χ0) is 15.0. The van der Waals surface area contributed by atoms with E-state index in [1.165, 1.54) is 17.1 Å². The minimum absolute atomic E-state index is 0.260. The lowest BCUT2D eigenvalue weighted by Crippen LogP contribution is -2.14. The molecule has 1 unspecified atom stereocenters. The fraction of sp³-hybridized carbons (Fsp3) is 0.588. The summed E-state index contributed by atoms with van der Waals surface area (Å²) < 4.78 is 4.48. The number of rotatable bonds is 4. The number of aliphatic hydroxyl groups is 1. The van der Waals surface area contributed by atoms with Crippen molar-refractivity contribution >= 4 is 0 Å². The highest BCUT2D eigenvalue weighted by molar-refractivity contribution is 5.31. The van der Waals surface area contributed by atoms with Gasteiger partial charge in [-0.25, -0.2) is 0 Å². The number of hydrogen-bond acceptors (Lipinski definition) is 2. The van der Waals surface area contributed by atoms with Gasteiger partial charge in [0.2, 0.25) is 0 Å². The third-order valence-electron chi connectivity index (χ3n) is 4.55. The van der Waals surface area contributed by atoms with Crippen molar-refractivity contribution in [3.8, 4) is 0 Å². The molecule has 114 valence electrons. The molecule has 0 saturated carbocycles. The van der Waals surface area contributed by atoms with Gasteiger partial charge in [0, 0.05) is 35.7 Å². The van der Waals surface area contributed by atoms with Crippen LogP contribution in [0.3, 0.4) is 0 Å². The van der Waals surface area contributed by atoms with Gasteiger partial charge in [0.1, 0.15) is 0 Å². The van der Waals surface area contributed by atoms with E-state index < -0.39 is 0 Å². The van der Waals surface area contributed by atoms with Crippen LogP contribution < -0.4 is 0 Å². The van der Waals surface area contributed by atoms with Crippen molar-refractivity contribution < 1.29 is 5.11 Å². The van der Waals surface area contributed by atoms with E-state index in [9.17, 15) is 5.11 Å². The second kappa shape index (κ2) is 5.68. The van der Waals surface area contributed by atoms with Gasteiger partial charge in [-0.2, -0.15) is 5.10 Å². The predicted octanol–water partition coefficient (Wildman–Crippen LogP) is 3.07. The van der Waals surface area contributed by atoms with Gasteiger partial charge in [-0.05, 0) is 58.6 Å². The van der Waals surface area contributed by atoms with Crippen molar-refractivity contribution in [3.63, 3.8) is 0 Å². The Labute approximate surface area is 126 Å². The van der Waals surface area contributed by atoms with Gasteiger partial charge < -0.3 is 9.67 Å². The van der Waals surface area contributed by atoms with Crippen LogP contribution in [0.1, 0.15) is 53.7 Å². The summed E-state index contributed by atoms with van der Waals surface area (Å²) in [5.74, 6) is 0. The van der Waals surface area contributed by atoms with Gasteiger partial charge in [0.15, 0.2) is 0 Å². The van der Waals surface area contributed by atoms with E-state index in [1.807, 2.05) is 6.92 Å². The first-order valence-electron chi connectivity index (χ1n) is 7.94. The molecule has 1 atom stereocenters. The fourth-order valence-corrected chi connectivity index (χ4v) is 3.53. The smallest absolute Gasteiger partial charge is 0.0807 e. The summed E-state index contributed by atoms with van der Waals surface area (Å²) in [6, 6.07) is 4.29. The van der Waals surface area contributed by atoms with E-state index in [-0.39, 0.29) is 6.10 Å². The summed E-state index contributed by atoms with van der Waals surface area (Å²) >= 11 is 0. The molecule has 1 aliphatic carbocycles. The average Bonchev–Trinajstić information content (AvgIpc) is 2.92. The lowest BCUT2D eigenvalue weighted by molar-refractivity contribution is 0.155. The summed E-state index contributed by atoms with van der Waals surface area (Å²) in [6.45, 7) is 8.26. The van der Waals surface area contributed by atoms with Gasteiger partial charge >= 0.3 is 0 Å². The Bertz CT molecular complexity index is 639. The van der Waals surface area contributed by atoms with Crippen molar-refractivity contribution in [3.05, 3.63) is 40.5 Å². The van der Waals surface area contributed by atoms with Gasteiger partial charge in [-0.3, -0.25) is 4.68 Å². The average molecular weight is 287 g/mol. The van der Waals surface area contributed by atoms with Gasteiger partial charge in [-0.1, -0.05) is 0 Å². The molecule has 0 spiro atoms. The molecule has 1 aliphatic rings. The third kappa shape index (κ3) is 2.77. The number of fused-ring (bicyclic) bond motifs is 1. The van der Waals surface area contributed by atoms with E-state index in [1.54, 1.807) is 0 Å². The summed E-state index contributed by atoms with van der Waals surface area (Å²) in [7, 11) is 0. The first-order valence-corrected chi connectivity index (χ1v) is 7.94. The zero-order valence-electron chi connectivity index (χ0n) is 13.3. The number of hydrogen-bond donors (Lipinski definition) is 1. The van der Waals surface area contributed by atoms with Crippen molar-refractivity contribution in [1.82, 2.24) is 14.3 Å². The summed E-state index contributed by atoms with van der Waals surface area (Å²) in [4.78, 5) is 0. The van der Waals surface area contributed by atoms with Crippen LogP contribution in [0.5, 0.6) is 0 Å². The minimum Gasteiger partial charge on any atom is -0.388 e. The second-order valence-electron chi connectivity index (χ2n) is 6.25. The second-order valence-corrected chi connectivity index (χ2v) is 6.25. The number of aryl methyl sites for hydroxylation is 4. The van der Waals surface area contributed by atoms with E-state index in [0.717, 1.165) is 50.0 Å². The molecule has 0 aliphatic heterocycles. The minimum atomic E-state index is -0.260. The van der Waals surface area contributed by atoms with Gasteiger partial charge in [-0.15, -0.1) is 0 Å². The molecule has 0 amide bonds. The molecule has 2 aromatic heterocycles. The van der Waals surface area contributed by atoms with Gasteiger partial charge in [0.05, 0.1) is 11.8 Å². The van der Waals surface area contributed by atoms with Crippen LogP contribution in [0.25, 0.3) is 0 Å². The Morgan fingerprint density at radius 1 is 1.19 bits per heavy atom.